The molecular formula is C11H9ClN2O2. The van der Waals surface area contributed by atoms with E-state index in [1.54, 1.807) is 19.2 Å². The lowest BCUT2D eigenvalue weighted by Gasteiger charge is -2.07. The molecule has 4 nitrogen and oxygen atoms in total. The lowest BCUT2D eigenvalue weighted by Crippen LogP contribution is -2.05. The fraction of sp³-hybridized carbons (Fsp3) is 0.0909. The summed E-state index contributed by atoms with van der Waals surface area (Å²) in [5.41, 5.74) is 1.07. The summed E-state index contributed by atoms with van der Waals surface area (Å²) < 4.78 is 5.10. The van der Waals surface area contributed by atoms with Crippen molar-refractivity contribution in [2.45, 2.75) is 0 Å². The summed E-state index contributed by atoms with van der Waals surface area (Å²) in [6.07, 6.45) is 0. The minimum Gasteiger partial charge on any atom is -0.495 e. The molecule has 0 unspecified atom stereocenters. The van der Waals surface area contributed by atoms with Gasteiger partial charge >= 0.3 is 0 Å². The summed E-state index contributed by atoms with van der Waals surface area (Å²) in [6.45, 7) is 0. The molecule has 1 aromatic carbocycles. The number of methoxy groups -OCH3 is 1. The molecule has 1 N–H and O–H groups in total. The van der Waals surface area contributed by atoms with Gasteiger partial charge in [0.05, 0.1) is 17.8 Å². The van der Waals surface area contributed by atoms with Gasteiger partial charge < -0.3 is 4.74 Å². The highest BCUT2D eigenvalue weighted by molar-refractivity contribution is 6.34. The van der Waals surface area contributed by atoms with Crippen LogP contribution in [0.15, 0.2) is 35.1 Å². The maximum atomic E-state index is 10.9. The third-order valence-corrected chi connectivity index (χ3v) is 2.53. The van der Waals surface area contributed by atoms with E-state index in [-0.39, 0.29) is 5.56 Å². The highest BCUT2D eigenvalue weighted by Crippen LogP contribution is 2.33. The molecule has 0 aliphatic carbocycles. The number of rotatable bonds is 2. The molecule has 82 valence electrons. The Hall–Kier alpha value is -1.81. The number of aromatic nitrogens is 2. The SMILES string of the molecule is COc1cccc(-c2ccc(=O)[nH]n2)c1Cl. The largest absolute Gasteiger partial charge is 0.495 e. The van der Waals surface area contributed by atoms with Crippen molar-refractivity contribution in [2.75, 3.05) is 7.11 Å². The fourth-order valence-electron chi connectivity index (χ4n) is 1.36. The zero-order valence-electron chi connectivity index (χ0n) is 8.53. The Balaban J connectivity index is 2.56. The number of aromatic amines is 1. The Morgan fingerprint density at radius 2 is 2.12 bits per heavy atom. The molecule has 0 saturated heterocycles. The van der Waals surface area contributed by atoms with E-state index >= 15 is 0 Å². The third kappa shape index (κ3) is 1.92. The number of hydrogen-bond donors (Lipinski definition) is 1. The van der Waals surface area contributed by atoms with Gasteiger partial charge in [-0.15, -0.1) is 0 Å². The number of nitrogens with zero attached hydrogens (tertiary/aromatic N) is 1. The van der Waals surface area contributed by atoms with Crippen molar-refractivity contribution in [3.63, 3.8) is 0 Å². The lowest BCUT2D eigenvalue weighted by molar-refractivity contribution is 0.415. The highest BCUT2D eigenvalue weighted by Gasteiger charge is 2.09. The summed E-state index contributed by atoms with van der Waals surface area (Å²) >= 11 is 6.13. The molecule has 2 aromatic rings. The number of halogens is 1. The van der Waals surface area contributed by atoms with Gasteiger partial charge in [-0.3, -0.25) is 4.79 Å². The molecule has 0 atom stereocenters. The van der Waals surface area contributed by atoms with Gasteiger partial charge in [0.25, 0.3) is 5.56 Å². The second-order valence-corrected chi connectivity index (χ2v) is 3.51. The topological polar surface area (TPSA) is 55.0 Å². The van der Waals surface area contributed by atoms with E-state index in [2.05, 4.69) is 10.2 Å². The monoisotopic (exact) mass is 236 g/mol. The maximum absolute atomic E-state index is 10.9. The molecule has 0 radical (unpaired) electrons. The van der Waals surface area contributed by atoms with E-state index in [9.17, 15) is 4.79 Å². The van der Waals surface area contributed by atoms with E-state index < -0.39 is 0 Å². The van der Waals surface area contributed by atoms with Crippen LogP contribution < -0.4 is 10.3 Å². The molecule has 0 fully saturated rings. The highest BCUT2D eigenvalue weighted by atomic mass is 35.5. The van der Waals surface area contributed by atoms with E-state index in [1.807, 2.05) is 12.1 Å². The fourth-order valence-corrected chi connectivity index (χ4v) is 1.66. The van der Waals surface area contributed by atoms with Crippen molar-refractivity contribution in [1.82, 2.24) is 10.2 Å². The minimum atomic E-state index is -0.247. The zero-order valence-corrected chi connectivity index (χ0v) is 9.28. The molecule has 2 rings (SSSR count). The van der Waals surface area contributed by atoms with Crippen LogP contribution in [0.1, 0.15) is 0 Å². The summed E-state index contributed by atoms with van der Waals surface area (Å²) in [5.74, 6) is 0.576. The first kappa shape index (κ1) is 10.7. The second-order valence-electron chi connectivity index (χ2n) is 3.13. The van der Waals surface area contributed by atoms with Crippen LogP contribution in [0.3, 0.4) is 0 Å². The van der Waals surface area contributed by atoms with Crippen LogP contribution in [0.5, 0.6) is 5.75 Å². The summed E-state index contributed by atoms with van der Waals surface area (Å²) in [7, 11) is 1.55. The Morgan fingerprint density at radius 3 is 2.75 bits per heavy atom. The molecule has 0 bridgehead atoms. The number of H-pyrrole nitrogens is 1. The number of ether oxygens (including phenoxy) is 1. The van der Waals surface area contributed by atoms with Gasteiger partial charge in [-0.25, -0.2) is 5.10 Å². The maximum Gasteiger partial charge on any atom is 0.264 e. The normalized spacial score (nSPS) is 10.1. The summed E-state index contributed by atoms with van der Waals surface area (Å²) in [6, 6.07) is 8.40. The van der Waals surface area contributed by atoms with Crippen LogP contribution >= 0.6 is 11.6 Å². The lowest BCUT2D eigenvalue weighted by atomic mass is 10.1. The van der Waals surface area contributed by atoms with E-state index in [4.69, 9.17) is 16.3 Å². The van der Waals surface area contributed by atoms with Crippen LogP contribution in [0.2, 0.25) is 5.02 Å². The van der Waals surface area contributed by atoms with Crippen molar-refractivity contribution < 1.29 is 4.74 Å². The van der Waals surface area contributed by atoms with Crippen molar-refractivity contribution in [2.24, 2.45) is 0 Å². The van der Waals surface area contributed by atoms with Crippen LogP contribution in [0, 0.1) is 0 Å². The second kappa shape index (κ2) is 4.37. The van der Waals surface area contributed by atoms with Crippen molar-refractivity contribution >= 4 is 11.6 Å². The average molecular weight is 237 g/mol. The molecule has 1 heterocycles. The predicted octanol–water partition coefficient (Wildman–Crippen LogP) is 2.10. The predicted molar refractivity (Wildman–Crippen MR) is 61.9 cm³/mol. The van der Waals surface area contributed by atoms with Crippen LogP contribution in [0.25, 0.3) is 11.3 Å². The first-order valence-corrected chi connectivity index (χ1v) is 4.99. The van der Waals surface area contributed by atoms with Gasteiger partial charge in [-0.1, -0.05) is 23.7 Å². The minimum absolute atomic E-state index is 0.247. The number of benzene rings is 1. The van der Waals surface area contributed by atoms with E-state index in [0.29, 0.717) is 16.5 Å². The Labute approximate surface area is 96.8 Å². The van der Waals surface area contributed by atoms with Gasteiger partial charge in [0, 0.05) is 11.6 Å². The van der Waals surface area contributed by atoms with Crippen LogP contribution in [-0.2, 0) is 0 Å². The van der Waals surface area contributed by atoms with Crippen molar-refractivity contribution in [3.05, 3.63) is 45.7 Å². The molecule has 5 heteroatoms. The smallest absolute Gasteiger partial charge is 0.264 e. The van der Waals surface area contributed by atoms with Crippen molar-refractivity contribution in [1.29, 1.82) is 0 Å². The number of hydrogen-bond acceptors (Lipinski definition) is 3. The molecule has 0 saturated carbocycles. The summed E-state index contributed by atoms with van der Waals surface area (Å²) in [5, 5.41) is 6.74. The van der Waals surface area contributed by atoms with E-state index in [0.717, 1.165) is 5.56 Å². The first-order chi connectivity index (χ1) is 7.72. The van der Waals surface area contributed by atoms with Gasteiger partial charge in [0.1, 0.15) is 5.75 Å². The molecule has 0 amide bonds. The van der Waals surface area contributed by atoms with Gasteiger partial charge in [0.2, 0.25) is 0 Å². The molecular weight excluding hydrogens is 228 g/mol. The first-order valence-electron chi connectivity index (χ1n) is 4.61. The Morgan fingerprint density at radius 1 is 1.31 bits per heavy atom. The molecule has 0 spiro atoms. The average Bonchev–Trinajstić information content (AvgIpc) is 2.31. The van der Waals surface area contributed by atoms with Crippen molar-refractivity contribution in [3.8, 4) is 17.0 Å². The molecule has 0 aliphatic heterocycles. The zero-order chi connectivity index (χ0) is 11.5. The Bertz CT molecular complexity index is 546. The van der Waals surface area contributed by atoms with Gasteiger partial charge in [0.15, 0.2) is 0 Å². The standard InChI is InChI=1S/C11H9ClN2O2/c1-16-9-4-2-3-7(11(9)12)8-5-6-10(15)14-13-8/h2-6H,1H3,(H,14,15). The molecule has 0 aliphatic rings. The van der Waals surface area contributed by atoms with Crippen LogP contribution in [0.4, 0.5) is 0 Å². The third-order valence-electron chi connectivity index (χ3n) is 2.14. The Kier molecular flexibility index (Phi) is 2.92. The molecule has 1 aromatic heterocycles. The van der Waals surface area contributed by atoms with Gasteiger partial charge in [-0.2, -0.15) is 5.10 Å². The quantitative estimate of drug-likeness (QED) is 0.869. The summed E-state index contributed by atoms with van der Waals surface area (Å²) in [4.78, 5) is 10.9. The van der Waals surface area contributed by atoms with Crippen LogP contribution in [-0.4, -0.2) is 17.3 Å². The van der Waals surface area contributed by atoms with Gasteiger partial charge in [-0.05, 0) is 12.1 Å². The van der Waals surface area contributed by atoms with E-state index in [1.165, 1.54) is 6.07 Å². The molecule has 16 heavy (non-hydrogen) atoms. The number of nitrogens with one attached hydrogen (secondary N) is 1.